The molecule has 0 amide bonds. The third kappa shape index (κ3) is 9.71. The molecule has 0 saturated carbocycles. The number of aliphatic hydroxyl groups is 4. The van der Waals surface area contributed by atoms with Gasteiger partial charge in [0.15, 0.2) is 18.9 Å². The fourth-order valence-electron chi connectivity index (χ4n) is 6.40. The van der Waals surface area contributed by atoms with E-state index in [4.69, 9.17) is 37.9 Å². The third-order valence-corrected chi connectivity index (χ3v) is 8.99. The van der Waals surface area contributed by atoms with Crippen LogP contribution >= 0.6 is 0 Å². The Hall–Kier alpha value is -4.11. The van der Waals surface area contributed by atoms with E-state index in [1.807, 2.05) is 60.7 Å². The van der Waals surface area contributed by atoms with Gasteiger partial charge in [-0.3, -0.25) is 0 Å². The topological polar surface area (TPSA) is 301 Å². The van der Waals surface area contributed by atoms with Crippen LogP contribution < -0.4 is 0 Å². The highest BCUT2D eigenvalue weighted by Crippen LogP contribution is 2.37. The molecule has 3 saturated heterocycles. The molecule has 0 bridgehead atoms. The Morgan fingerprint density at radius 1 is 0.623 bits per heavy atom. The molecule has 3 heterocycles. The molecular formula is C32H41N9O12. The molecular weight excluding hydrogens is 702 g/mol. The zero-order valence-corrected chi connectivity index (χ0v) is 28.5. The molecule has 53 heavy (non-hydrogen) atoms. The molecule has 5 rings (SSSR count). The van der Waals surface area contributed by atoms with Gasteiger partial charge in [0.25, 0.3) is 0 Å². The van der Waals surface area contributed by atoms with Crippen LogP contribution in [0, 0.1) is 0 Å². The van der Waals surface area contributed by atoms with Crippen molar-refractivity contribution in [3.63, 3.8) is 0 Å². The van der Waals surface area contributed by atoms with Gasteiger partial charge in [-0.15, -0.1) is 0 Å². The van der Waals surface area contributed by atoms with Crippen LogP contribution in [0.5, 0.6) is 0 Å². The van der Waals surface area contributed by atoms with E-state index in [-0.39, 0.29) is 19.8 Å². The predicted octanol–water partition coefficient (Wildman–Crippen LogP) is 2.12. The van der Waals surface area contributed by atoms with Gasteiger partial charge < -0.3 is 58.3 Å². The van der Waals surface area contributed by atoms with Gasteiger partial charge in [-0.2, -0.15) is 0 Å². The van der Waals surface area contributed by atoms with E-state index in [0.717, 1.165) is 11.1 Å². The van der Waals surface area contributed by atoms with Gasteiger partial charge in [0.05, 0.1) is 39.1 Å². The van der Waals surface area contributed by atoms with Crippen LogP contribution in [0.25, 0.3) is 31.3 Å². The average Bonchev–Trinajstić information content (AvgIpc) is 3.46. The quantitative estimate of drug-likeness (QED) is 0.103. The molecule has 2 aromatic rings. The van der Waals surface area contributed by atoms with Gasteiger partial charge in [0.1, 0.15) is 60.9 Å². The molecule has 0 aliphatic carbocycles. The van der Waals surface area contributed by atoms with E-state index in [1.165, 1.54) is 7.11 Å². The lowest BCUT2D eigenvalue weighted by atomic mass is 9.94. The Bertz CT molecular complexity index is 1580. The van der Waals surface area contributed by atoms with Crippen LogP contribution in [-0.2, 0) is 51.1 Å². The molecule has 0 aromatic heterocycles. The first-order valence-corrected chi connectivity index (χ1v) is 16.7. The molecule has 21 heteroatoms. The minimum atomic E-state index is -1.66. The lowest BCUT2D eigenvalue weighted by Gasteiger charge is -2.49. The zero-order valence-electron chi connectivity index (χ0n) is 28.5. The zero-order chi connectivity index (χ0) is 37.7. The number of methoxy groups -OCH3 is 1. The van der Waals surface area contributed by atoms with Crippen LogP contribution in [-0.4, -0.2) is 133 Å². The van der Waals surface area contributed by atoms with Crippen molar-refractivity contribution in [2.45, 2.75) is 99.1 Å². The molecule has 0 spiro atoms. The van der Waals surface area contributed by atoms with Crippen molar-refractivity contribution in [1.82, 2.24) is 0 Å². The molecule has 286 valence electrons. The largest absolute Gasteiger partial charge is 0.394 e. The molecule has 3 fully saturated rings. The minimum absolute atomic E-state index is 0.0341. The van der Waals surface area contributed by atoms with Crippen molar-refractivity contribution in [3.8, 4) is 0 Å². The fourth-order valence-corrected chi connectivity index (χ4v) is 6.40. The van der Waals surface area contributed by atoms with E-state index >= 15 is 0 Å². The smallest absolute Gasteiger partial charge is 0.187 e. The highest BCUT2D eigenvalue weighted by atomic mass is 16.8. The molecule has 3 aliphatic heterocycles. The first-order valence-electron chi connectivity index (χ1n) is 16.7. The maximum absolute atomic E-state index is 10.7. The second kappa shape index (κ2) is 19.8. The number of hydrogen-bond donors (Lipinski definition) is 4. The normalized spacial score (nSPS) is 35.4. The number of aliphatic hydroxyl groups excluding tert-OH is 4. The van der Waals surface area contributed by atoms with Gasteiger partial charge in [-0.1, -0.05) is 76.0 Å². The second-order valence-corrected chi connectivity index (χ2v) is 12.2. The van der Waals surface area contributed by atoms with Gasteiger partial charge in [0.2, 0.25) is 0 Å². The third-order valence-electron chi connectivity index (χ3n) is 8.99. The van der Waals surface area contributed by atoms with Crippen LogP contribution in [0.4, 0.5) is 0 Å². The first-order chi connectivity index (χ1) is 25.9. The van der Waals surface area contributed by atoms with Crippen LogP contribution in [0.15, 0.2) is 76.0 Å². The lowest BCUT2D eigenvalue weighted by molar-refractivity contribution is -0.345. The van der Waals surface area contributed by atoms with Crippen molar-refractivity contribution in [2.75, 3.05) is 26.9 Å². The number of rotatable bonds is 17. The SMILES string of the molecule is CO[C@@H]1O[C@H](CO)[C@@H](O[C@H]2O[C@H](CN=[N+]=[N-])[C@@H](OCc3ccccc3)[C@H](OCc3ccccc3)[C@H]2N=[N+]=[N-])[C@H](O[C@@H]2O[C@H](CO)[C@@H](O)[C@H]2O)[C@H]1N=[N+]=[N-]. The van der Waals surface area contributed by atoms with E-state index in [1.54, 1.807) is 0 Å². The fraction of sp³-hybridized carbons (Fsp3) is 0.625. The maximum Gasteiger partial charge on any atom is 0.187 e. The molecule has 2 aromatic carbocycles. The summed E-state index contributed by atoms with van der Waals surface area (Å²) in [6.45, 7) is -1.52. The van der Waals surface area contributed by atoms with Gasteiger partial charge in [-0.25, -0.2) is 0 Å². The highest BCUT2D eigenvalue weighted by Gasteiger charge is 2.55. The summed E-state index contributed by atoms with van der Waals surface area (Å²) in [5.74, 6) is 0. The van der Waals surface area contributed by atoms with Gasteiger partial charge in [0, 0.05) is 21.8 Å². The summed E-state index contributed by atoms with van der Waals surface area (Å²) in [4.78, 5) is 8.81. The Morgan fingerprint density at radius 3 is 1.68 bits per heavy atom. The summed E-state index contributed by atoms with van der Waals surface area (Å²) in [6, 6.07) is 15.7. The van der Waals surface area contributed by atoms with Gasteiger partial charge >= 0.3 is 0 Å². The van der Waals surface area contributed by atoms with Crippen molar-refractivity contribution >= 4 is 0 Å². The predicted molar refractivity (Wildman–Crippen MR) is 179 cm³/mol. The molecule has 14 atom stereocenters. The van der Waals surface area contributed by atoms with E-state index in [9.17, 15) is 37.0 Å². The second-order valence-electron chi connectivity index (χ2n) is 12.2. The Kier molecular flexibility index (Phi) is 15.0. The highest BCUT2D eigenvalue weighted by molar-refractivity contribution is 5.15. The Labute approximate surface area is 302 Å². The van der Waals surface area contributed by atoms with Crippen molar-refractivity contribution in [2.24, 2.45) is 15.3 Å². The minimum Gasteiger partial charge on any atom is -0.394 e. The van der Waals surface area contributed by atoms with E-state index in [0.29, 0.717) is 0 Å². The molecule has 21 nitrogen and oxygen atoms in total. The number of ether oxygens (including phenoxy) is 8. The maximum atomic E-state index is 10.7. The van der Waals surface area contributed by atoms with Crippen LogP contribution in [0.1, 0.15) is 11.1 Å². The average molecular weight is 744 g/mol. The summed E-state index contributed by atoms with van der Waals surface area (Å²) in [5.41, 5.74) is 30.1. The van der Waals surface area contributed by atoms with Crippen molar-refractivity contribution < 1.29 is 58.3 Å². The van der Waals surface area contributed by atoms with Crippen LogP contribution in [0.3, 0.4) is 0 Å². The summed E-state index contributed by atoms with van der Waals surface area (Å²) < 4.78 is 48.5. The summed E-state index contributed by atoms with van der Waals surface area (Å²) in [5, 5.41) is 52.8. The number of benzene rings is 2. The molecule has 0 radical (unpaired) electrons. The van der Waals surface area contributed by atoms with Crippen LogP contribution in [0.2, 0.25) is 0 Å². The first kappa shape index (κ1) is 40.1. The summed E-state index contributed by atoms with van der Waals surface area (Å²) in [7, 11) is 1.26. The molecule has 0 unspecified atom stereocenters. The van der Waals surface area contributed by atoms with Crippen molar-refractivity contribution in [1.29, 1.82) is 0 Å². The summed E-state index contributed by atoms with van der Waals surface area (Å²) >= 11 is 0. The molecule has 3 aliphatic rings. The number of hydrogen-bond acceptors (Lipinski definition) is 15. The van der Waals surface area contributed by atoms with Crippen molar-refractivity contribution in [3.05, 3.63) is 103 Å². The summed E-state index contributed by atoms with van der Waals surface area (Å²) in [6.07, 6.45) is -16.2. The number of azide groups is 3. The van der Waals surface area contributed by atoms with Gasteiger partial charge in [-0.05, 0) is 27.7 Å². The monoisotopic (exact) mass is 743 g/mol. The van der Waals surface area contributed by atoms with E-state index in [2.05, 4.69) is 30.1 Å². The lowest BCUT2D eigenvalue weighted by Crippen LogP contribution is -2.65. The Morgan fingerprint density at radius 2 is 1.15 bits per heavy atom. The molecule has 4 N–H and O–H groups in total. The van der Waals surface area contributed by atoms with E-state index < -0.39 is 99.1 Å². The number of nitrogens with zero attached hydrogens (tertiary/aromatic N) is 9. The Balaban J connectivity index is 1.53. The standard InChI is InChI=1S/C32H41N9O12/c1-46-30-23(38-41-35)29(53-32-25(45)24(44)20(13-42)50-32)27(21(14-43)51-30)52-31-22(37-40-34)28(48-16-18-10-6-3-7-11-18)26(19(49-31)12-36-39-33)47-15-17-8-4-2-5-9-17/h2-11,19-32,42-45H,12-16H2,1H3/t19-,20-,21-,22-,23-,24-,25-,26-,27-,28-,29-,30-,31-,32+/m1/s1.